The highest BCUT2D eigenvalue weighted by Crippen LogP contribution is 2.26. The Kier molecular flexibility index (Phi) is 3.78. The second-order valence-electron chi connectivity index (χ2n) is 4.58. The number of halogens is 2. The van der Waals surface area contributed by atoms with Gasteiger partial charge in [0.2, 0.25) is 5.88 Å². The van der Waals surface area contributed by atoms with Gasteiger partial charge in [0, 0.05) is 6.20 Å². The second-order valence-corrected chi connectivity index (χ2v) is 4.58. The van der Waals surface area contributed by atoms with Crippen molar-refractivity contribution in [2.45, 2.75) is 6.61 Å². The van der Waals surface area contributed by atoms with Gasteiger partial charge in [0.1, 0.15) is 24.4 Å². The highest BCUT2D eigenvalue weighted by molar-refractivity contribution is 6.09. The summed E-state index contributed by atoms with van der Waals surface area (Å²) in [6.07, 6.45) is 2.64. The van der Waals surface area contributed by atoms with Gasteiger partial charge in [0.05, 0.1) is 10.9 Å². The van der Waals surface area contributed by atoms with Gasteiger partial charge >= 0.3 is 0 Å². The SMILES string of the molecule is O=C(CF)c1c[nH]c2ncnc(OCc3cccc(F)c3)c12. The Bertz CT molecular complexity index is 833. The van der Waals surface area contributed by atoms with Crippen molar-refractivity contribution in [2.24, 2.45) is 0 Å². The number of hydrogen-bond donors (Lipinski definition) is 1. The van der Waals surface area contributed by atoms with Crippen LogP contribution in [-0.4, -0.2) is 27.4 Å². The van der Waals surface area contributed by atoms with E-state index in [4.69, 9.17) is 4.74 Å². The molecule has 0 radical (unpaired) electrons. The lowest BCUT2D eigenvalue weighted by Crippen LogP contribution is -2.03. The monoisotopic (exact) mass is 303 g/mol. The zero-order chi connectivity index (χ0) is 15.5. The number of H-pyrrole nitrogens is 1. The number of ether oxygens (including phenoxy) is 1. The number of alkyl halides is 1. The molecule has 0 unspecified atom stereocenters. The summed E-state index contributed by atoms with van der Waals surface area (Å²) >= 11 is 0. The van der Waals surface area contributed by atoms with Crippen LogP contribution in [0.4, 0.5) is 8.78 Å². The number of benzene rings is 1. The van der Waals surface area contributed by atoms with Gasteiger partial charge in [-0.25, -0.2) is 18.7 Å². The topological polar surface area (TPSA) is 67.9 Å². The largest absolute Gasteiger partial charge is 0.472 e. The molecule has 0 saturated heterocycles. The Morgan fingerprint density at radius 1 is 1.32 bits per heavy atom. The molecule has 0 spiro atoms. The van der Waals surface area contributed by atoms with Gasteiger partial charge in [-0.1, -0.05) is 12.1 Å². The predicted octanol–water partition coefficient (Wildman–Crippen LogP) is 2.83. The molecule has 2 aromatic heterocycles. The number of nitrogens with one attached hydrogen (secondary N) is 1. The smallest absolute Gasteiger partial charge is 0.227 e. The molecule has 112 valence electrons. The fraction of sp³-hybridized carbons (Fsp3) is 0.133. The first-order valence-electron chi connectivity index (χ1n) is 6.47. The summed E-state index contributed by atoms with van der Waals surface area (Å²) in [5.74, 6) is -0.909. The predicted molar refractivity (Wildman–Crippen MR) is 74.9 cm³/mol. The Morgan fingerprint density at radius 2 is 2.18 bits per heavy atom. The van der Waals surface area contributed by atoms with Gasteiger partial charge in [-0.3, -0.25) is 4.79 Å². The first-order valence-corrected chi connectivity index (χ1v) is 6.47. The molecule has 22 heavy (non-hydrogen) atoms. The van der Waals surface area contributed by atoms with E-state index in [-0.39, 0.29) is 23.9 Å². The van der Waals surface area contributed by atoms with Crippen LogP contribution in [0.3, 0.4) is 0 Å². The van der Waals surface area contributed by atoms with Crippen molar-refractivity contribution in [1.82, 2.24) is 15.0 Å². The molecule has 1 aromatic carbocycles. The number of hydrogen-bond acceptors (Lipinski definition) is 4. The summed E-state index contributed by atoms with van der Waals surface area (Å²) < 4.78 is 31.3. The third-order valence-corrected chi connectivity index (χ3v) is 3.12. The number of Topliss-reactive ketones (excluding diaryl/α,β-unsaturated/α-hetero) is 1. The molecule has 5 nitrogen and oxygen atoms in total. The number of aromatic amines is 1. The van der Waals surface area contributed by atoms with E-state index >= 15 is 0 Å². The molecule has 7 heteroatoms. The van der Waals surface area contributed by atoms with Crippen LogP contribution in [0.25, 0.3) is 11.0 Å². The van der Waals surface area contributed by atoms with Gasteiger partial charge in [-0.2, -0.15) is 0 Å². The van der Waals surface area contributed by atoms with Gasteiger partial charge in [-0.15, -0.1) is 0 Å². The van der Waals surface area contributed by atoms with E-state index in [1.165, 1.54) is 24.7 Å². The highest BCUT2D eigenvalue weighted by Gasteiger charge is 2.17. The normalized spacial score (nSPS) is 10.8. The van der Waals surface area contributed by atoms with Crippen LogP contribution in [0.1, 0.15) is 15.9 Å². The van der Waals surface area contributed by atoms with Crippen LogP contribution in [0.5, 0.6) is 5.88 Å². The molecule has 0 aliphatic rings. The molecular weight excluding hydrogens is 292 g/mol. The third kappa shape index (κ3) is 2.65. The van der Waals surface area contributed by atoms with Crippen molar-refractivity contribution in [1.29, 1.82) is 0 Å². The molecule has 0 aliphatic heterocycles. The minimum atomic E-state index is -1.12. The van der Waals surface area contributed by atoms with E-state index in [9.17, 15) is 13.6 Å². The summed E-state index contributed by atoms with van der Waals surface area (Å²) in [6.45, 7) is -1.05. The maximum atomic E-state index is 13.1. The van der Waals surface area contributed by atoms with Crippen molar-refractivity contribution in [3.63, 3.8) is 0 Å². The van der Waals surface area contributed by atoms with Gasteiger partial charge < -0.3 is 9.72 Å². The molecule has 0 fully saturated rings. The molecular formula is C15H11F2N3O2. The standard InChI is InChI=1S/C15H11F2N3O2/c16-5-12(21)11-6-18-14-13(11)15(20-8-19-14)22-7-9-2-1-3-10(17)4-9/h1-4,6,8H,5,7H2,(H,18,19,20). The number of carbonyl (C=O) groups excluding carboxylic acids is 1. The zero-order valence-electron chi connectivity index (χ0n) is 11.3. The number of carbonyl (C=O) groups is 1. The average Bonchev–Trinajstić information content (AvgIpc) is 2.97. The molecule has 0 amide bonds. The maximum Gasteiger partial charge on any atom is 0.227 e. The van der Waals surface area contributed by atoms with E-state index in [1.807, 2.05) is 0 Å². The van der Waals surface area contributed by atoms with Crippen molar-refractivity contribution >= 4 is 16.8 Å². The Hall–Kier alpha value is -2.83. The van der Waals surface area contributed by atoms with Crippen LogP contribution < -0.4 is 4.74 Å². The Labute approximate surface area is 124 Å². The van der Waals surface area contributed by atoms with Crippen molar-refractivity contribution in [2.75, 3.05) is 6.67 Å². The number of ketones is 1. The van der Waals surface area contributed by atoms with Crippen molar-refractivity contribution in [3.05, 3.63) is 53.7 Å². The van der Waals surface area contributed by atoms with E-state index in [2.05, 4.69) is 15.0 Å². The first kappa shape index (κ1) is 14.1. The molecule has 0 aliphatic carbocycles. The lowest BCUT2D eigenvalue weighted by molar-refractivity contribution is 0.0960. The minimum Gasteiger partial charge on any atom is -0.472 e. The summed E-state index contributed by atoms with van der Waals surface area (Å²) in [5.41, 5.74) is 1.12. The Balaban J connectivity index is 1.93. The van der Waals surface area contributed by atoms with Crippen LogP contribution in [0, 0.1) is 5.82 Å². The van der Waals surface area contributed by atoms with E-state index < -0.39 is 12.5 Å². The van der Waals surface area contributed by atoms with Crippen molar-refractivity contribution in [3.8, 4) is 5.88 Å². The van der Waals surface area contributed by atoms with Crippen molar-refractivity contribution < 1.29 is 18.3 Å². The molecule has 3 aromatic rings. The summed E-state index contributed by atoms with van der Waals surface area (Å²) in [5, 5.41) is 0.321. The number of aromatic nitrogens is 3. The molecule has 3 rings (SSSR count). The zero-order valence-corrected chi connectivity index (χ0v) is 11.3. The Morgan fingerprint density at radius 3 is 2.95 bits per heavy atom. The van der Waals surface area contributed by atoms with Crippen LogP contribution in [0.2, 0.25) is 0 Å². The number of fused-ring (bicyclic) bond motifs is 1. The van der Waals surface area contributed by atoms with Crippen LogP contribution in [-0.2, 0) is 6.61 Å². The molecule has 2 heterocycles. The lowest BCUT2D eigenvalue weighted by Gasteiger charge is -2.07. The second kappa shape index (κ2) is 5.88. The molecule has 0 atom stereocenters. The molecule has 0 saturated carbocycles. The summed E-state index contributed by atoms with van der Waals surface area (Å²) in [4.78, 5) is 22.3. The quantitative estimate of drug-likeness (QED) is 0.736. The summed E-state index contributed by atoms with van der Waals surface area (Å²) in [7, 11) is 0. The minimum absolute atomic E-state index is 0.0678. The van der Waals surface area contributed by atoms with Crippen LogP contribution >= 0.6 is 0 Å². The fourth-order valence-corrected chi connectivity index (χ4v) is 2.11. The number of nitrogens with zero attached hydrogens (tertiary/aromatic N) is 2. The van der Waals surface area contributed by atoms with Crippen LogP contribution in [0.15, 0.2) is 36.8 Å². The highest BCUT2D eigenvalue weighted by atomic mass is 19.1. The van der Waals surface area contributed by atoms with E-state index in [0.29, 0.717) is 16.6 Å². The lowest BCUT2D eigenvalue weighted by atomic mass is 10.1. The van der Waals surface area contributed by atoms with E-state index in [0.717, 1.165) is 0 Å². The first-order chi connectivity index (χ1) is 10.7. The number of rotatable bonds is 5. The molecule has 0 bridgehead atoms. The molecule has 1 N–H and O–H groups in total. The van der Waals surface area contributed by atoms with Gasteiger partial charge in [-0.05, 0) is 17.7 Å². The van der Waals surface area contributed by atoms with Gasteiger partial charge in [0.15, 0.2) is 12.5 Å². The summed E-state index contributed by atoms with van der Waals surface area (Å²) in [6, 6.07) is 5.93. The maximum absolute atomic E-state index is 13.1. The third-order valence-electron chi connectivity index (χ3n) is 3.12. The van der Waals surface area contributed by atoms with Gasteiger partial charge in [0.25, 0.3) is 0 Å². The fourth-order valence-electron chi connectivity index (χ4n) is 2.11. The average molecular weight is 303 g/mol. The van der Waals surface area contributed by atoms with E-state index in [1.54, 1.807) is 12.1 Å².